The molecule has 63 heavy (non-hydrogen) atoms. The van der Waals surface area contributed by atoms with Gasteiger partial charge >= 0.3 is 5.97 Å². The third-order valence-electron chi connectivity index (χ3n) is 11.5. The summed E-state index contributed by atoms with van der Waals surface area (Å²) in [4.78, 5) is 104. The quantitative estimate of drug-likeness (QED) is 0.252. The van der Waals surface area contributed by atoms with E-state index in [1.807, 2.05) is 104 Å². The molecule has 15 heteroatoms. The first-order valence-corrected chi connectivity index (χ1v) is 22.3. The molecule has 0 aliphatic carbocycles. The number of nitrogens with one attached hydrogen (secondary N) is 3. The van der Waals surface area contributed by atoms with Gasteiger partial charge in [-0.05, 0) is 72.6 Å². The minimum Gasteiger partial charge on any atom is -0.451 e. The van der Waals surface area contributed by atoms with Crippen molar-refractivity contribution in [2.45, 2.75) is 150 Å². The van der Waals surface area contributed by atoms with Crippen molar-refractivity contribution < 1.29 is 38.3 Å². The van der Waals surface area contributed by atoms with Crippen LogP contribution in [0.3, 0.4) is 0 Å². The minimum atomic E-state index is -1.49. The van der Waals surface area contributed by atoms with Crippen LogP contribution in [0.4, 0.5) is 0 Å². The highest BCUT2D eigenvalue weighted by Crippen LogP contribution is 2.22. The van der Waals surface area contributed by atoms with Crippen molar-refractivity contribution >= 4 is 52.2 Å². The number of fused-ring (bicyclic) bond motifs is 1. The molecule has 1 heterocycles. The smallest absolute Gasteiger partial charge is 0.329 e. The second-order valence-corrected chi connectivity index (χ2v) is 18.8. The van der Waals surface area contributed by atoms with Crippen molar-refractivity contribution in [1.82, 2.24) is 30.7 Å². The summed E-state index contributed by atoms with van der Waals surface area (Å²) in [6, 6.07) is 8.68. The third kappa shape index (κ3) is 14.8. The molecule has 0 bridgehead atoms. The molecule has 1 aliphatic rings. The fraction of sp³-hybridized carbons (Fsp3) is 0.625. The summed E-state index contributed by atoms with van der Waals surface area (Å²) in [5.74, 6) is -4.98. The maximum Gasteiger partial charge on any atom is 0.329 e. The molecule has 7 atom stereocenters. The summed E-state index contributed by atoms with van der Waals surface area (Å²) >= 11 is 0. The zero-order valence-corrected chi connectivity index (χ0v) is 39.4. The number of nitriles is 1. The first-order valence-electron chi connectivity index (χ1n) is 22.3. The van der Waals surface area contributed by atoms with Crippen LogP contribution >= 0.6 is 0 Å². The molecule has 15 nitrogen and oxygen atoms in total. The predicted octanol–water partition coefficient (Wildman–Crippen LogP) is 4.75. The zero-order chi connectivity index (χ0) is 47.3. The van der Waals surface area contributed by atoms with E-state index in [4.69, 9.17) is 4.74 Å². The van der Waals surface area contributed by atoms with E-state index >= 15 is 0 Å². The molecular formula is C48H71N7O8. The lowest BCUT2D eigenvalue weighted by Crippen LogP contribution is -2.60. The van der Waals surface area contributed by atoms with Gasteiger partial charge in [0, 0.05) is 40.4 Å². The molecule has 346 valence electrons. The number of hydrogen-bond donors (Lipinski definition) is 3. The number of ether oxygens (including phenoxy) is 1. The average molecular weight is 874 g/mol. The molecule has 1 aliphatic heterocycles. The Kier molecular flexibility index (Phi) is 19.6. The van der Waals surface area contributed by atoms with Gasteiger partial charge in [0.25, 0.3) is 5.91 Å². The Bertz CT molecular complexity index is 1980. The lowest BCUT2D eigenvalue weighted by atomic mass is 9.96. The van der Waals surface area contributed by atoms with Crippen LogP contribution in [-0.2, 0) is 44.7 Å². The van der Waals surface area contributed by atoms with Crippen molar-refractivity contribution in [2.24, 2.45) is 23.7 Å². The van der Waals surface area contributed by atoms with Gasteiger partial charge in [0.1, 0.15) is 36.3 Å². The van der Waals surface area contributed by atoms with Crippen LogP contribution in [0, 0.1) is 35.0 Å². The van der Waals surface area contributed by atoms with Gasteiger partial charge in [-0.2, -0.15) is 5.26 Å². The minimum absolute atomic E-state index is 0.0674. The van der Waals surface area contributed by atoms with Crippen LogP contribution < -0.4 is 16.0 Å². The maximum atomic E-state index is 14.8. The van der Waals surface area contributed by atoms with Crippen molar-refractivity contribution in [3.63, 3.8) is 0 Å². The average Bonchev–Trinajstić information content (AvgIpc) is 3.22. The first kappa shape index (κ1) is 51.8. The van der Waals surface area contributed by atoms with E-state index in [0.717, 1.165) is 21.2 Å². The second-order valence-electron chi connectivity index (χ2n) is 18.8. The van der Waals surface area contributed by atoms with Gasteiger partial charge in [0.15, 0.2) is 6.10 Å². The number of hydrogen-bond acceptors (Lipinski definition) is 9. The molecule has 1 fully saturated rings. The number of cyclic esters (lactones) is 1. The van der Waals surface area contributed by atoms with Gasteiger partial charge in [-0.1, -0.05) is 97.9 Å². The summed E-state index contributed by atoms with van der Waals surface area (Å²) in [5.41, 5.74) is 0.755. The van der Waals surface area contributed by atoms with E-state index in [-0.39, 0.29) is 68.6 Å². The molecule has 0 unspecified atom stereocenters. The highest BCUT2D eigenvalue weighted by molar-refractivity contribution is 5.98. The molecule has 3 rings (SSSR count). The summed E-state index contributed by atoms with van der Waals surface area (Å²) in [5, 5.41) is 20.0. The van der Waals surface area contributed by atoms with E-state index in [1.54, 1.807) is 0 Å². The molecule has 2 aromatic rings. The van der Waals surface area contributed by atoms with Crippen LogP contribution in [-0.4, -0.2) is 120 Å². The Morgan fingerprint density at radius 1 is 0.603 bits per heavy atom. The molecule has 3 N–H and O–H groups in total. The van der Waals surface area contributed by atoms with Crippen LogP contribution in [0.1, 0.15) is 106 Å². The Labute approximate surface area is 374 Å². The highest BCUT2D eigenvalue weighted by atomic mass is 16.5. The standard InChI is InChI=1S/C48H71N7O8/c1-28(2)22-36-45(59)53(10)32(9)48(62)63-41(18-15-21-49)44(58)52-38(24-30(5)6)47(61)54(11)39(25-31(7)8)42(56)51-37(23-29(3)4)46(60)55(12)40(43(57)50-36)27-33-19-20-34-16-13-14-17-35(34)26-33/h13-14,16-17,19-20,26,28-32,36-41H,15,18,22-25,27H2,1-12H3,(H,50,57)(H,51,56)(H,52,58)/t32-,36-,37-,38-,39-,40-,41+/m0/s1. The van der Waals surface area contributed by atoms with Crippen molar-refractivity contribution in [3.8, 4) is 6.07 Å². The lowest BCUT2D eigenvalue weighted by Gasteiger charge is -2.35. The number of rotatable bonds is 12. The van der Waals surface area contributed by atoms with Crippen LogP contribution in [0.2, 0.25) is 0 Å². The molecule has 0 radical (unpaired) electrons. The van der Waals surface area contributed by atoms with E-state index in [1.165, 1.54) is 37.9 Å². The number of carbonyl (C=O) groups excluding carboxylic acids is 7. The van der Waals surface area contributed by atoms with Gasteiger partial charge in [0.05, 0.1) is 6.07 Å². The highest BCUT2D eigenvalue weighted by Gasteiger charge is 2.40. The fourth-order valence-electron chi connectivity index (χ4n) is 7.83. The number of benzene rings is 2. The van der Waals surface area contributed by atoms with E-state index in [9.17, 15) is 38.8 Å². The van der Waals surface area contributed by atoms with Crippen molar-refractivity contribution in [1.29, 1.82) is 5.26 Å². The summed E-state index contributed by atoms with van der Waals surface area (Å²) in [7, 11) is 4.39. The molecule has 0 aromatic heterocycles. The fourth-order valence-corrected chi connectivity index (χ4v) is 7.83. The summed E-state index contributed by atoms with van der Waals surface area (Å²) in [6.45, 7) is 16.6. The van der Waals surface area contributed by atoms with Gasteiger partial charge in [-0.25, -0.2) is 4.79 Å². The van der Waals surface area contributed by atoms with Crippen molar-refractivity contribution in [3.05, 3.63) is 48.0 Å². The number of likely N-dealkylation sites (N-methyl/N-ethyl adjacent to an activating group) is 3. The molecule has 1 saturated heterocycles. The lowest BCUT2D eigenvalue weighted by molar-refractivity contribution is -0.163. The van der Waals surface area contributed by atoms with Crippen LogP contribution in [0.25, 0.3) is 10.8 Å². The maximum absolute atomic E-state index is 14.8. The Morgan fingerprint density at radius 3 is 1.54 bits per heavy atom. The molecule has 2 aromatic carbocycles. The predicted molar refractivity (Wildman–Crippen MR) is 241 cm³/mol. The SMILES string of the molecule is CC(C)C[C@@H]1NC(=O)[C@H](Cc2ccc3ccccc3c2)N(C)C(=O)[C@H](CC(C)C)NC(=O)[C@H](CC(C)C)N(C)C(=O)[C@H](CC(C)C)NC(=O)[C@@H](CCC#N)OC(=O)[C@H](C)N(C)C1=O. The molecule has 0 saturated carbocycles. The zero-order valence-electron chi connectivity index (χ0n) is 39.4. The van der Waals surface area contributed by atoms with Gasteiger partial charge in [-0.15, -0.1) is 0 Å². The topological polar surface area (TPSA) is 198 Å². The Balaban J connectivity index is 2.26. The van der Waals surface area contributed by atoms with Crippen molar-refractivity contribution in [2.75, 3.05) is 21.1 Å². The molecular weight excluding hydrogens is 803 g/mol. The van der Waals surface area contributed by atoms with E-state index in [0.29, 0.717) is 0 Å². The Morgan fingerprint density at radius 2 is 1.05 bits per heavy atom. The van der Waals surface area contributed by atoms with Gasteiger partial charge < -0.3 is 35.4 Å². The monoisotopic (exact) mass is 874 g/mol. The van der Waals surface area contributed by atoms with Crippen LogP contribution in [0.5, 0.6) is 0 Å². The first-order chi connectivity index (χ1) is 29.5. The number of esters is 1. The number of carbonyl (C=O) groups is 7. The largest absolute Gasteiger partial charge is 0.451 e. The normalized spacial score (nSPS) is 24.4. The summed E-state index contributed by atoms with van der Waals surface area (Å²) < 4.78 is 5.70. The van der Waals surface area contributed by atoms with Gasteiger partial charge in [-0.3, -0.25) is 28.8 Å². The Hall–Kier alpha value is -5.52. The van der Waals surface area contributed by atoms with Gasteiger partial charge in [0.2, 0.25) is 29.5 Å². The molecule has 0 spiro atoms. The van der Waals surface area contributed by atoms with Crippen LogP contribution in [0.15, 0.2) is 42.5 Å². The van der Waals surface area contributed by atoms with E-state index < -0.39 is 83.8 Å². The third-order valence-corrected chi connectivity index (χ3v) is 11.5. The number of nitrogens with zero attached hydrogens (tertiary/aromatic N) is 4. The van der Waals surface area contributed by atoms with E-state index in [2.05, 4.69) is 16.0 Å². The summed E-state index contributed by atoms with van der Waals surface area (Å²) in [6.07, 6.45) is -0.953. The number of amides is 6. The second kappa shape index (κ2) is 23.8. The molecule has 6 amide bonds.